The highest BCUT2D eigenvalue weighted by Crippen LogP contribution is 2.34. The number of nitrogens with one attached hydrogen (secondary N) is 1. The number of nitriles is 1. The molecule has 0 aliphatic carbocycles. The summed E-state index contributed by atoms with van der Waals surface area (Å²) < 4.78 is 32.3. The normalized spacial score (nSPS) is 10.9. The topological polar surface area (TPSA) is 96.3 Å². The molecule has 0 aliphatic rings. The average Bonchev–Trinajstić information content (AvgIpc) is 2.83. The molecule has 6 nitrogen and oxygen atoms in total. The van der Waals surface area contributed by atoms with Crippen LogP contribution in [-0.4, -0.2) is 21.0 Å². The van der Waals surface area contributed by atoms with Crippen molar-refractivity contribution in [1.29, 1.82) is 5.26 Å². The summed E-state index contributed by atoms with van der Waals surface area (Å²) in [6, 6.07) is 8.27. The molecule has 0 radical (unpaired) electrons. The molecule has 0 fully saturated rings. The lowest BCUT2D eigenvalue weighted by atomic mass is 10.2. The van der Waals surface area contributed by atoms with Gasteiger partial charge in [-0.15, -0.1) is 11.3 Å². The Balaban J connectivity index is 2.42. The first-order valence-corrected chi connectivity index (χ1v) is 9.40. The van der Waals surface area contributed by atoms with Gasteiger partial charge >= 0.3 is 5.97 Å². The molecule has 2 aromatic rings. The summed E-state index contributed by atoms with van der Waals surface area (Å²) in [6.45, 7) is 5.31. The second-order valence-electron chi connectivity index (χ2n) is 5.01. The van der Waals surface area contributed by atoms with Crippen LogP contribution in [0.5, 0.6) is 0 Å². The van der Waals surface area contributed by atoms with Crippen LogP contribution in [0.1, 0.15) is 33.3 Å². The third-order valence-electron chi connectivity index (χ3n) is 3.28. The molecule has 8 heteroatoms. The fourth-order valence-corrected chi connectivity index (χ4v) is 4.37. The van der Waals surface area contributed by atoms with Crippen LogP contribution < -0.4 is 4.72 Å². The summed E-state index contributed by atoms with van der Waals surface area (Å²) in [5, 5.41) is 9.41. The molecule has 126 valence electrons. The summed E-state index contributed by atoms with van der Waals surface area (Å²) in [4.78, 5) is 12.2. The lowest BCUT2D eigenvalue weighted by Gasteiger charge is -2.06. The predicted octanol–water partition coefficient (Wildman–Crippen LogP) is 3.21. The zero-order valence-electron chi connectivity index (χ0n) is 13.4. The molecule has 0 saturated carbocycles. The van der Waals surface area contributed by atoms with Crippen molar-refractivity contribution in [3.63, 3.8) is 0 Å². The van der Waals surface area contributed by atoms with Crippen LogP contribution in [0.15, 0.2) is 29.2 Å². The zero-order chi connectivity index (χ0) is 17.9. The number of thiophene rings is 1. The van der Waals surface area contributed by atoms with E-state index in [4.69, 9.17) is 4.74 Å². The summed E-state index contributed by atoms with van der Waals surface area (Å²) in [6.07, 6.45) is 0. The number of carbonyl (C=O) groups excluding carboxylic acids is 1. The molecule has 0 aliphatic heterocycles. The second kappa shape index (κ2) is 7.03. The molecule has 24 heavy (non-hydrogen) atoms. The molecular weight excluding hydrogens is 348 g/mol. The average molecular weight is 364 g/mol. The first-order valence-electron chi connectivity index (χ1n) is 7.10. The van der Waals surface area contributed by atoms with Gasteiger partial charge in [-0.05, 0) is 38.5 Å². The highest BCUT2D eigenvalue weighted by Gasteiger charge is 2.24. The molecule has 1 aromatic heterocycles. The number of sulfonamides is 1. The van der Waals surface area contributed by atoms with Crippen LogP contribution >= 0.6 is 11.3 Å². The summed E-state index contributed by atoms with van der Waals surface area (Å²) in [7, 11) is -3.85. The van der Waals surface area contributed by atoms with Crippen molar-refractivity contribution in [1.82, 2.24) is 0 Å². The molecule has 0 atom stereocenters. The maximum Gasteiger partial charge on any atom is 0.348 e. The second-order valence-corrected chi connectivity index (χ2v) is 7.71. The Morgan fingerprint density at radius 3 is 2.46 bits per heavy atom. The number of aryl methyl sites for hydroxylation is 1. The number of hydrogen-bond donors (Lipinski definition) is 1. The van der Waals surface area contributed by atoms with Gasteiger partial charge in [-0.1, -0.05) is 17.7 Å². The van der Waals surface area contributed by atoms with E-state index in [0.29, 0.717) is 5.56 Å². The molecule has 0 unspecified atom stereocenters. The smallest absolute Gasteiger partial charge is 0.348 e. The Bertz CT molecular complexity index is 907. The van der Waals surface area contributed by atoms with Crippen LogP contribution in [0, 0.1) is 25.2 Å². The third-order valence-corrected chi connectivity index (χ3v) is 5.96. The molecule has 0 bridgehead atoms. The number of carbonyl (C=O) groups is 1. The van der Waals surface area contributed by atoms with Gasteiger partial charge in [0, 0.05) is 0 Å². The number of esters is 1. The van der Waals surface area contributed by atoms with Gasteiger partial charge in [0.2, 0.25) is 0 Å². The summed E-state index contributed by atoms with van der Waals surface area (Å²) >= 11 is 0.896. The highest BCUT2D eigenvalue weighted by molar-refractivity contribution is 7.93. The lowest BCUT2D eigenvalue weighted by Crippen LogP contribution is -2.12. The number of rotatable bonds is 5. The Hall–Kier alpha value is -2.37. The minimum absolute atomic E-state index is 0.0840. The van der Waals surface area contributed by atoms with E-state index in [1.54, 1.807) is 26.0 Å². The first kappa shape index (κ1) is 18.0. The van der Waals surface area contributed by atoms with E-state index in [9.17, 15) is 18.5 Å². The Kier molecular flexibility index (Phi) is 5.26. The highest BCUT2D eigenvalue weighted by atomic mass is 32.2. The third kappa shape index (κ3) is 3.58. The van der Waals surface area contributed by atoms with Crippen molar-refractivity contribution in [2.24, 2.45) is 0 Å². The monoisotopic (exact) mass is 364 g/mol. The van der Waals surface area contributed by atoms with Crippen molar-refractivity contribution in [2.45, 2.75) is 25.7 Å². The van der Waals surface area contributed by atoms with Crippen LogP contribution in [0.25, 0.3) is 0 Å². The number of ether oxygens (including phenoxy) is 1. The standard InChI is InChI=1S/C16H16N2O4S2/c1-4-22-16(19)14-11(3)13(9-17)15(23-14)18-24(20,21)12-7-5-10(2)6-8-12/h5-8,18H,4H2,1-3H3. The molecular formula is C16H16N2O4S2. The maximum absolute atomic E-state index is 12.5. The molecule has 0 spiro atoms. The van der Waals surface area contributed by atoms with E-state index in [2.05, 4.69) is 4.72 Å². The van der Waals surface area contributed by atoms with Crippen molar-refractivity contribution in [2.75, 3.05) is 11.3 Å². The molecule has 2 rings (SSSR count). The van der Waals surface area contributed by atoms with Gasteiger partial charge in [-0.25, -0.2) is 13.2 Å². The zero-order valence-corrected chi connectivity index (χ0v) is 15.0. The molecule has 0 saturated heterocycles. The molecule has 1 aromatic carbocycles. The number of benzene rings is 1. The maximum atomic E-state index is 12.5. The van der Waals surface area contributed by atoms with E-state index >= 15 is 0 Å². The Labute approximate surface area is 144 Å². The van der Waals surface area contributed by atoms with E-state index in [1.807, 2.05) is 13.0 Å². The van der Waals surface area contributed by atoms with Gasteiger partial charge < -0.3 is 4.74 Å². The van der Waals surface area contributed by atoms with Gasteiger partial charge in [0.1, 0.15) is 15.9 Å². The quantitative estimate of drug-likeness (QED) is 0.822. The van der Waals surface area contributed by atoms with Crippen molar-refractivity contribution in [3.05, 3.63) is 45.8 Å². The summed E-state index contributed by atoms with van der Waals surface area (Å²) in [5.74, 6) is -0.572. The van der Waals surface area contributed by atoms with Gasteiger partial charge in [-0.2, -0.15) is 5.26 Å². The SMILES string of the molecule is CCOC(=O)c1sc(NS(=O)(=O)c2ccc(C)cc2)c(C#N)c1C. The lowest BCUT2D eigenvalue weighted by molar-refractivity contribution is 0.0531. The molecule has 0 amide bonds. The Morgan fingerprint density at radius 1 is 1.29 bits per heavy atom. The number of hydrogen-bond acceptors (Lipinski definition) is 6. The van der Waals surface area contributed by atoms with Gasteiger partial charge in [-0.3, -0.25) is 4.72 Å². The Morgan fingerprint density at radius 2 is 1.92 bits per heavy atom. The van der Waals surface area contributed by atoms with Crippen molar-refractivity contribution >= 4 is 32.3 Å². The fourth-order valence-electron chi connectivity index (χ4n) is 2.01. The van der Waals surface area contributed by atoms with Crippen LogP contribution in [0.3, 0.4) is 0 Å². The van der Waals surface area contributed by atoms with E-state index < -0.39 is 16.0 Å². The van der Waals surface area contributed by atoms with Crippen molar-refractivity contribution in [3.8, 4) is 6.07 Å². The van der Waals surface area contributed by atoms with Gasteiger partial charge in [0.15, 0.2) is 0 Å². The van der Waals surface area contributed by atoms with E-state index in [0.717, 1.165) is 16.9 Å². The van der Waals surface area contributed by atoms with Crippen LogP contribution in [0.4, 0.5) is 5.00 Å². The minimum Gasteiger partial charge on any atom is -0.462 e. The number of anilines is 1. The first-order chi connectivity index (χ1) is 11.3. The summed E-state index contributed by atoms with van der Waals surface area (Å²) in [5.41, 5.74) is 1.46. The van der Waals surface area contributed by atoms with E-state index in [1.165, 1.54) is 12.1 Å². The molecule has 1 heterocycles. The van der Waals surface area contributed by atoms with Crippen LogP contribution in [-0.2, 0) is 14.8 Å². The minimum atomic E-state index is -3.85. The predicted molar refractivity (Wildman–Crippen MR) is 91.7 cm³/mol. The van der Waals surface area contributed by atoms with E-state index in [-0.39, 0.29) is 26.9 Å². The fraction of sp³-hybridized carbons (Fsp3) is 0.250. The van der Waals surface area contributed by atoms with Gasteiger partial charge in [0.05, 0.1) is 17.1 Å². The largest absolute Gasteiger partial charge is 0.462 e. The number of nitrogens with zero attached hydrogens (tertiary/aromatic N) is 1. The molecule has 1 N–H and O–H groups in total. The van der Waals surface area contributed by atoms with Gasteiger partial charge in [0.25, 0.3) is 10.0 Å². The van der Waals surface area contributed by atoms with Crippen LogP contribution in [0.2, 0.25) is 0 Å². The van der Waals surface area contributed by atoms with Crippen molar-refractivity contribution < 1.29 is 17.9 Å².